The Labute approximate surface area is 152 Å². The van der Waals surface area contributed by atoms with Gasteiger partial charge in [0.15, 0.2) is 5.69 Å². The first kappa shape index (κ1) is 16.8. The van der Waals surface area contributed by atoms with Gasteiger partial charge in [0.25, 0.3) is 5.91 Å². The number of carbonyl (C=O) groups is 1. The molecule has 0 bridgehead atoms. The lowest BCUT2D eigenvalue weighted by atomic mass is 10.1. The van der Waals surface area contributed by atoms with Crippen LogP contribution in [-0.4, -0.2) is 38.6 Å². The molecule has 7 nitrogen and oxygen atoms in total. The summed E-state index contributed by atoms with van der Waals surface area (Å²) in [4.78, 5) is 12.5. The molecule has 1 aliphatic heterocycles. The van der Waals surface area contributed by atoms with Gasteiger partial charge in [-0.2, -0.15) is 0 Å². The van der Waals surface area contributed by atoms with Crippen LogP contribution in [0.5, 0.6) is 0 Å². The molecule has 0 spiro atoms. The lowest BCUT2D eigenvalue weighted by molar-refractivity contribution is 0.102. The molecule has 0 unspecified atom stereocenters. The zero-order chi connectivity index (χ0) is 17.9. The summed E-state index contributed by atoms with van der Waals surface area (Å²) >= 11 is 0. The summed E-state index contributed by atoms with van der Waals surface area (Å²) < 4.78 is 4.05. The molecule has 2 N–H and O–H groups in total. The molecule has 0 radical (unpaired) electrons. The van der Waals surface area contributed by atoms with Crippen molar-refractivity contribution in [3.63, 3.8) is 0 Å². The Morgan fingerprint density at radius 3 is 2.96 bits per heavy atom. The van der Waals surface area contributed by atoms with Crippen LogP contribution in [0.4, 0.5) is 5.69 Å². The van der Waals surface area contributed by atoms with E-state index in [1.807, 2.05) is 22.9 Å². The highest BCUT2D eigenvalue weighted by Crippen LogP contribution is 2.22. The lowest BCUT2D eigenvalue weighted by Gasteiger charge is -2.22. The third-order valence-electron chi connectivity index (χ3n) is 4.92. The van der Waals surface area contributed by atoms with Crippen LogP contribution in [0.2, 0.25) is 0 Å². The smallest absolute Gasteiger partial charge is 0.277 e. The number of aryl methyl sites for hydroxylation is 1. The third-order valence-corrected chi connectivity index (χ3v) is 4.92. The molecular weight excluding hydrogens is 328 g/mol. The van der Waals surface area contributed by atoms with Gasteiger partial charge in [0.05, 0.1) is 12.2 Å². The minimum atomic E-state index is -0.225. The van der Waals surface area contributed by atoms with Crippen molar-refractivity contribution in [1.82, 2.24) is 24.9 Å². The van der Waals surface area contributed by atoms with E-state index in [2.05, 4.69) is 44.7 Å². The maximum atomic E-state index is 12.5. The average Bonchev–Trinajstić information content (AvgIpc) is 3.30. The summed E-state index contributed by atoms with van der Waals surface area (Å²) in [6.45, 7) is 5.11. The van der Waals surface area contributed by atoms with Crippen molar-refractivity contribution in [2.45, 2.75) is 38.8 Å². The van der Waals surface area contributed by atoms with Gasteiger partial charge in [-0.05, 0) is 56.6 Å². The molecule has 1 aliphatic rings. The number of benzene rings is 1. The first-order chi connectivity index (χ1) is 12.7. The first-order valence-corrected chi connectivity index (χ1v) is 9.27. The molecule has 0 aliphatic carbocycles. The van der Waals surface area contributed by atoms with Crippen LogP contribution in [0.3, 0.4) is 0 Å². The summed E-state index contributed by atoms with van der Waals surface area (Å²) in [5.41, 5.74) is 2.31. The Bertz CT molecular complexity index is 906. The standard InChI is InChI=1S/C19H24N6O/c1-2-10-24-11-7-14-12-15(3-4-18(14)24)21-19(26)17-13-25(23-22-17)16-5-8-20-9-6-16/h3-4,7,11-13,16,20H,2,5-6,8-10H2,1H3,(H,21,26). The van der Waals surface area contributed by atoms with Gasteiger partial charge in [-0.15, -0.1) is 5.10 Å². The summed E-state index contributed by atoms with van der Waals surface area (Å²) in [6.07, 6.45) is 6.95. The summed E-state index contributed by atoms with van der Waals surface area (Å²) in [5, 5.41) is 15.6. The van der Waals surface area contributed by atoms with Crippen molar-refractivity contribution in [2.24, 2.45) is 0 Å². The molecule has 1 saturated heterocycles. The first-order valence-electron chi connectivity index (χ1n) is 9.27. The van der Waals surface area contributed by atoms with E-state index < -0.39 is 0 Å². The van der Waals surface area contributed by atoms with Gasteiger partial charge in [-0.1, -0.05) is 12.1 Å². The predicted octanol–water partition coefficient (Wildman–Crippen LogP) is 2.82. The number of rotatable bonds is 5. The van der Waals surface area contributed by atoms with Crippen molar-refractivity contribution in [3.05, 3.63) is 42.4 Å². The van der Waals surface area contributed by atoms with E-state index in [1.165, 1.54) is 5.52 Å². The summed E-state index contributed by atoms with van der Waals surface area (Å²) in [7, 11) is 0. The van der Waals surface area contributed by atoms with Crippen LogP contribution >= 0.6 is 0 Å². The van der Waals surface area contributed by atoms with E-state index in [-0.39, 0.29) is 5.91 Å². The number of fused-ring (bicyclic) bond motifs is 1. The second kappa shape index (κ2) is 7.29. The van der Waals surface area contributed by atoms with Crippen LogP contribution in [0.25, 0.3) is 10.9 Å². The monoisotopic (exact) mass is 352 g/mol. The SMILES string of the molecule is CCCn1ccc2cc(NC(=O)c3cn(C4CCNCC4)nn3)ccc21. The third kappa shape index (κ3) is 3.35. The molecule has 3 aromatic rings. The lowest BCUT2D eigenvalue weighted by Crippen LogP contribution is -2.29. The van der Waals surface area contributed by atoms with Gasteiger partial charge in [0, 0.05) is 29.3 Å². The summed E-state index contributed by atoms with van der Waals surface area (Å²) in [5.74, 6) is -0.225. The van der Waals surface area contributed by atoms with Gasteiger partial charge < -0.3 is 15.2 Å². The van der Waals surface area contributed by atoms with Crippen molar-refractivity contribution in [1.29, 1.82) is 0 Å². The van der Waals surface area contributed by atoms with E-state index in [0.717, 1.165) is 50.0 Å². The second-order valence-electron chi connectivity index (χ2n) is 6.80. The summed E-state index contributed by atoms with van der Waals surface area (Å²) in [6, 6.07) is 8.38. The average molecular weight is 352 g/mol. The minimum absolute atomic E-state index is 0.225. The van der Waals surface area contributed by atoms with Crippen LogP contribution in [0, 0.1) is 0 Å². The molecule has 26 heavy (non-hydrogen) atoms. The number of amides is 1. The Morgan fingerprint density at radius 1 is 1.31 bits per heavy atom. The van der Waals surface area contributed by atoms with Crippen LogP contribution in [0.1, 0.15) is 42.7 Å². The molecular formula is C19H24N6O. The molecule has 1 amide bonds. The molecule has 0 saturated carbocycles. The highest BCUT2D eigenvalue weighted by molar-refractivity contribution is 6.03. The highest BCUT2D eigenvalue weighted by atomic mass is 16.2. The van der Waals surface area contributed by atoms with Crippen LogP contribution in [-0.2, 0) is 6.54 Å². The second-order valence-corrected chi connectivity index (χ2v) is 6.80. The molecule has 4 rings (SSSR count). The Hall–Kier alpha value is -2.67. The molecule has 3 heterocycles. The number of carbonyl (C=O) groups excluding carboxylic acids is 1. The molecule has 2 aromatic heterocycles. The van der Waals surface area contributed by atoms with Crippen molar-refractivity contribution in [2.75, 3.05) is 18.4 Å². The number of aromatic nitrogens is 4. The van der Waals surface area contributed by atoms with Crippen LogP contribution < -0.4 is 10.6 Å². The maximum absolute atomic E-state index is 12.5. The fraction of sp³-hybridized carbons (Fsp3) is 0.421. The van der Waals surface area contributed by atoms with E-state index in [9.17, 15) is 4.79 Å². The van der Waals surface area contributed by atoms with Gasteiger partial charge >= 0.3 is 0 Å². The number of hydrogen-bond acceptors (Lipinski definition) is 4. The Kier molecular flexibility index (Phi) is 4.71. The Morgan fingerprint density at radius 2 is 2.15 bits per heavy atom. The highest BCUT2D eigenvalue weighted by Gasteiger charge is 2.19. The van der Waals surface area contributed by atoms with Crippen molar-refractivity contribution in [3.8, 4) is 0 Å². The number of hydrogen-bond donors (Lipinski definition) is 2. The number of piperidine rings is 1. The Balaban J connectivity index is 1.47. The quantitative estimate of drug-likeness (QED) is 0.740. The number of anilines is 1. The van der Waals surface area contributed by atoms with E-state index >= 15 is 0 Å². The van der Waals surface area contributed by atoms with Crippen molar-refractivity contribution < 1.29 is 4.79 Å². The molecule has 1 aromatic carbocycles. The minimum Gasteiger partial charge on any atom is -0.347 e. The maximum Gasteiger partial charge on any atom is 0.277 e. The largest absolute Gasteiger partial charge is 0.347 e. The van der Waals surface area contributed by atoms with Gasteiger partial charge in [-0.25, -0.2) is 4.68 Å². The van der Waals surface area contributed by atoms with E-state index in [4.69, 9.17) is 0 Å². The molecule has 1 fully saturated rings. The molecule has 0 atom stereocenters. The molecule has 136 valence electrons. The normalized spacial score (nSPS) is 15.4. The van der Waals surface area contributed by atoms with Gasteiger partial charge in [-0.3, -0.25) is 4.79 Å². The zero-order valence-corrected chi connectivity index (χ0v) is 15.0. The van der Waals surface area contributed by atoms with Gasteiger partial charge in [0.1, 0.15) is 0 Å². The predicted molar refractivity (Wildman–Crippen MR) is 101 cm³/mol. The number of nitrogens with one attached hydrogen (secondary N) is 2. The van der Waals surface area contributed by atoms with Crippen LogP contribution in [0.15, 0.2) is 36.7 Å². The fourth-order valence-corrected chi connectivity index (χ4v) is 3.54. The topological polar surface area (TPSA) is 76.8 Å². The fourth-order valence-electron chi connectivity index (χ4n) is 3.54. The van der Waals surface area contributed by atoms with Crippen molar-refractivity contribution >= 4 is 22.5 Å². The number of nitrogens with zero attached hydrogens (tertiary/aromatic N) is 4. The van der Waals surface area contributed by atoms with E-state index in [1.54, 1.807) is 6.20 Å². The zero-order valence-electron chi connectivity index (χ0n) is 15.0. The molecule has 7 heteroatoms. The van der Waals surface area contributed by atoms with E-state index in [0.29, 0.717) is 11.7 Å². The van der Waals surface area contributed by atoms with Gasteiger partial charge in [0.2, 0.25) is 0 Å².